The minimum Gasteiger partial charge on any atom is -0.447 e. The van der Waals surface area contributed by atoms with Gasteiger partial charge in [0.1, 0.15) is 0 Å². The highest BCUT2D eigenvalue weighted by atomic mass is 16.5. The SMILES string of the molecule is CC(=O)OC(C(=O)N1CCN(C(c2ccccc2)c2ccccc2)CC1)c1ccccc1. The largest absolute Gasteiger partial charge is 0.447 e. The van der Waals surface area contributed by atoms with E-state index < -0.39 is 12.1 Å². The van der Waals surface area contributed by atoms with E-state index in [1.165, 1.54) is 18.1 Å². The second kappa shape index (κ2) is 10.2. The molecule has 1 amide bonds. The first-order chi connectivity index (χ1) is 15.6. The summed E-state index contributed by atoms with van der Waals surface area (Å²) in [6.07, 6.45) is -0.903. The summed E-state index contributed by atoms with van der Waals surface area (Å²) in [4.78, 5) is 29.2. The first-order valence-electron chi connectivity index (χ1n) is 11.0. The first-order valence-corrected chi connectivity index (χ1v) is 11.0. The molecule has 0 spiro atoms. The quantitative estimate of drug-likeness (QED) is 0.552. The summed E-state index contributed by atoms with van der Waals surface area (Å²) >= 11 is 0. The van der Waals surface area contributed by atoms with Gasteiger partial charge in [0.25, 0.3) is 5.91 Å². The van der Waals surface area contributed by atoms with Gasteiger partial charge in [0.05, 0.1) is 6.04 Å². The van der Waals surface area contributed by atoms with E-state index in [0.29, 0.717) is 18.7 Å². The average Bonchev–Trinajstić information content (AvgIpc) is 2.84. The summed E-state index contributed by atoms with van der Waals surface area (Å²) in [5.41, 5.74) is 3.17. The molecule has 164 valence electrons. The summed E-state index contributed by atoms with van der Waals surface area (Å²) in [5.74, 6) is -0.624. The van der Waals surface area contributed by atoms with Crippen LogP contribution >= 0.6 is 0 Å². The van der Waals surface area contributed by atoms with E-state index in [9.17, 15) is 9.59 Å². The number of carbonyl (C=O) groups is 2. The number of carbonyl (C=O) groups excluding carboxylic acids is 2. The normalized spacial score (nSPS) is 15.4. The lowest BCUT2D eigenvalue weighted by atomic mass is 9.96. The highest BCUT2D eigenvalue weighted by Crippen LogP contribution is 2.30. The zero-order valence-corrected chi connectivity index (χ0v) is 18.3. The molecule has 3 aromatic rings. The molecule has 5 heteroatoms. The minimum absolute atomic E-state index is 0.132. The molecular formula is C27H28N2O3. The van der Waals surface area contributed by atoms with E-state index in [-0.39, 0.29) is 11.9 Å². The monoisotopic (exact) mass is 428 g/mol. The predicted molar refractivity (Wildman–Crippen MR) is 124 cm³/mol. The number of esters is 1. The molecule has 0 aromatic heterocycles. The Morgan fingerprint density at radius 3 is 1.56 bits per heavy atom. The number of benzene rings is 3. The minimum atomic E-state index is -0.903. The van der Waals surface area contributed by atoms with Crippen LogP contribution in [0.2, 0.25) is 0 Å². The maximum Gasteiger partial charge on any atom is 0.303 e. The van der Waals surface area contributed by atoms with Crippen molar-refractivity contribution in [2.75, 3.05) is 26.2 Å². The van der Waals surface area contributed by atoms with Gasteiger partial charge < -0.3 is 9.64 Å². The van der Waals surface area contributed by atoms with Gasteiger partial charge in [0, 0.05) is 38.7 Å². The Balaban J connectivity index is 1.50. The van der Waals surface area contributed by atoms with Gasteiger partial charge in [-0.05, 0) is 11.1 Å². The van der Waals surface area contributed by atoms with E-state index in [2.05, 4.69) is 53.4 Å². The molecule has 0 bridgehead atoms. The van der Waals surface area contributed by atoms with Crippen molar-refractivity contribution in [1.82, 2.24) is 9.80 Å². The Kier molecular flexibility index (Phi) is 6.97. The van der Waals surface area contributed by atoms with Gasteiger partial charge in [-0.2, -0.15) is 0 Å². The van der Waals surface area contributed by atoms with Crippen molar-refractivity contribution in [3.63, 3.8) is 0 Å². The Bertz CT molecular complexity index is 977. The van der Waals surface area contributed by atoms with Gasteiger partial charge in [-0.15, -0.1) is 0 Å². The van der Waals surface area contributed by atoms with Gasteiger partial charge >= 0.3 is 5.97 Å². The van der Waals surface area contributed by atoms with Gasteiger partial charge in [0.15, 0.2) is 0 Å². The molecule has 32 heavy (non-hydrogen) atoms. The summed E-state index contributed by atoms with van der Waals surface area (Å²) < 4.78 is 5.42. The standard InChI is InChI=1S/C27H28N2O3/c1-21(30)32-26(24-15-9-4-10-16-24)27(31)29-19-17-28(18-20-29)25(22-11-5-2-6-12-22)23-13-7-3-8-14-23/h2-16,25-26H,17-20H2,1H3. The van der Waals surface area contributed by atoms with Crippen molar-refractivity contribution in [3.05, 3.63) is 108 Å². The van der Waals surface area contributed by atoms with Gasteiger partial charge in [-0.1, -0.05) is 91.0 Å². The summed E-state index contributed by atoms with van der Waals surface area (Å²) in [5, 5.41) is 0. The molecule has 1 atom stereocenters. The third-order valence-electron chi connectivity index (χ3n) is 5.83. The van der Waals surface area contributed by atoms with Crippen LogP contribution in [0.25, 0.3) is 0 Å². The van der Waals surface area contributed by atoms with E-state index in [1.807, 2.05) is 47.4 Å². The van der Waals surface area contributed by atoms with Crippen molar-refractivity contribution in [2.24, 2.45) is 0 Å². The number of hydrogen-bond acceptors (Lipinski definition) is 4. The van der Waals surface area contributed by atoms with Crippen molar-refractivity contribution in [2.45, 2.75) is 19.1 Å². The van der Waals surface area contributed by atoms with Crippen LogP contribution in [0.3, 0.4) is 0 Å². The highest BCUT2D eigenvalue weighted by Gasteiger charge is 2.33. The van der Waals surface area contributed by atoms with Crippen LogP contribution in [0.1, 0.15) is 35.8 Å². The Morgan fingerprint density at radius 2 is 1.12 bits per heavy atom. The molecule has 3 aromatic carbocycles. The molecule has 1 aliphatic rings. The third-order valence-corrected chi connectivity index (χ3v) is 5.83. The van der Waals surface area contributed by atoms with Gasteiger partial charge in [0.2, 0.25) is 6.10 Å². The number of ether oxygens (including phenoxy) is 1. The number of amides is 1. The first kappa shape index (κ1) is 21.8. The fourth-order valence-electron chi connectivity index (χ4n) is 4.31. The second-order valence-electron chi connectivity index (χ2n) is 7.99. The highest BCUT2D eigenvalue weighted by molar-refractivity contribution is 5.84. The van der Waals surface area contributed by atoms with Crippen LogP contribution in [-0.2, 0) is 14.3 Å². The predicted octanol–water partition coefficient (Wildman–Crippen LogP) is 4.22. The molecule has 0 aliphatic carbocycles. The van der Waals surface area contributed by atoms with Crippen molar-refractivity contribution in [1.29, 1.82) is 0 Å². The zero-order chi connectivity index (χ0) is 22.3. The van der Waals surface area contributed by atoms with E-state index in [1.54, 1.807) is 0 Å². The molecule has 1 saturated heterocycles. The summed E-state index contributed by atoms with van der Waals surface area (Å²) in [6.45, 7) is 3.98. The zero-order valence-electron chi connectivity index (χ0n) is 18.3. The molecule has 0 N–H and O–H groups in total. The maximum atomic E-state index is 13.3. The molecule has 1 fully saturated rings. The van der Waals surface area contributed by atoms with Crippen LogP contribution in [0.5, 0.6) is 0 Å². The molecule has 4 rings (SSSR count). The fourth-order valence-corrected chi connectivity index (χ4v) is 4.31. The lowest BCUT2D eigenvalue weighted by molar-refractivity contribution is -0.160. The van der Waals surface area contributed by atoms with Crippen molar-refractivity contribution < 1.29 is 14.3 Å². The lowest BCUT2D eigenvalue weighted by Crippen LogP contribution is -2.51. The Labute approximate surface area is 189 Å². The summed E-state index contributed by atoms with van der Waals surface area (Å²) in [7, 11) is 0. The lowest BCUT2D eigenvalue weighted by Gasteiger charge is -2.40. The van der Waals surface area contributed by atoms with E-state index in [4.69, 9.17) is 4.74 Å². The molecule has 1 heterocycles. The van der Waals surface area contributed by atoms with Crippen molar-refractivity contribution in [3.8, 4) is 0 Å². The van der Waals surface area contributed by atoms with E-state index >= 15 is 0 Å². The van der Waals surface area contributed by atoms with Crippen LogP contribution < -0.4 is 0 Å². The number of piperazine rings is 1. The number of hydrogen-bond donors (Lipinski definition) is 0. The van der Waals surface area contributed by atoms with Gasteiger partial charge in [-0.25, -0.2) is 0 Å². The van der Waals surface area contributed by atoms with Crippen molar-refractivity contribution >= 4 is 11.9 Å². The average molecular weight is 429 g/mol. The maximum absolute atomic E-state index is 13.3. The Morgan fingerprint density at radius 1 is 0.688 bits per heavy atom. The fraction of sp³-hybridized carbons (Fsp3) is 0.259. The van der Waals surface area contributed by atoms with Gasteiger partial charge in [-0.3, -0.25) is 14.5 Å². The molecular weight excluding hydrogens is 400 g/mol. The van der Waals surface area contributed by atoms with Crippen LogP contribution in [0.15, 0.2) is 91.0 Å². The summed E-state index contributed by atoms with van der Waals surface area (Å²) in [6, 6.07) is 30.3. The Hall–Kier alpha value is -3.44. The molecule has 1 unspecified atom stereocenters. The number of nitrogens with zero attached hydrogens (tertiary/aromatic N) is 2. The third kappa shape index (κ3) is 5.06. The molecule has 5 nitrogen and oxygen atoms in total. The number of rotatable bonds is 6. The smallest absolute Gasteiger partial charge is 0.303 e. The molecule has 1 aliphatic heterocycles. The molecule has 0 radical (unpaired) electrons. The topological polar surface area (TPSA) is 49.9 Å². The van der Waals surface area contributed by atoms with Crippen LogP contribution in [0, 0.1) is 0 Å². The molecule has 0 saturated carbocycles. The van der Waals surface area contributed by atoms with Crippen LogP contribution in [0.4, 0.5) is 0 Å². The van der Waals surface area contributed by atoms with E-state index in [0.717, 1.165) is 13.1 Å². The van der Waals surface area contributed by atoms with Crippen LogP contribution in [-0.4, -0.2) is 47.9 Å². The second-order valence-corrected chi connectivity index (χ2v) is 7.99.